The van der Waals surface area contributed by atoms with Gasteiger partial charge in [-0.1, -0.05) is 55.4 Å². The summed E-state index contributed by atoms with van der Waals surface area (Å²) in [6.07, 6.45) is 1.41. The summed E-state index contributed by atoms with van der Waals surface area (Å²) in [5.74, 6) is 0.321. The number of rotatable bonds is 8. The van der Waals surface area contributed by atoms with Crippen LogP contribution >= 0.6 is 40.3 Å². The van der Waals surface area contributed by atoms with Gasteiger partial charge in [0, 0.05) is 25.7 Å². The number of hydrogen-bond acceptors (Lipinski definition) is 5. The van der Waals surface area contributed by atoms with E-state index in [9.17, 15) is 13.5 Å². The smallest absolute Gasteiger partial charge is 0.244 e. The van der Waals surface area contributed by atoms with Crippen molar-refractivity contribution in [2.75, 3.05) is 25.9 Å². The molecule has 3 rings (SSSR count). The molecule has 0 aromatic heterocycles. The number of aliphatic hydroxyl groups is 1. The van der Waals surface area contributed by atoms with Crippen LogP contribution in [0.1, 0.15) is 43.4 Å². The zero-order chi connectivity index (χ0) is 24.4. The van der Waals surface area contributed by atoms with Crippen molar-refractivity contribution in [1.29, 1.82) is 0 Å². The van der Waals surface area contributed by atoms with Crippen LogP contribution in [0.15, 0.2) is 46.3 Å². The fraction of sp³-hybridized carbons (Fsp3) is 0.458. The lowest BCUT2D eigenvalue weighted by Gasteiger charge is -2.32. The molecule has 1 aliphatic heterocycles. The number of hydrogen-bond donors (Lipinski definition) is 1. The first-order valence-corrected chi connectivity index (χ1v) is 13.9. The molecule has 0 amide bonds. The number of aryl methyl sites for hydroxylation is 1. The summed E-state index contributed by atoms with van der Waals surface area (Å²) in [4.78, 5) is 6.51. The Morgan fingerprint density at radius 2 is 1.82 bits per heavy atom. The van der Waals surface area contributed by atoms with E-state index in [2.05, 4.69) is 0 Å². The number of sulfonamides is 1. The normalized spacial score (nSPS) is 19.6. The summed E-state index contributed by atoms with van der Waals surface area (Å²) >= 11 is 7.79. The Balaban J connectivity index is 0.00000408. The van der Waals surface area contributed by atoms with Gasteiger partial charge in [-0.25, -0.2) is 13.4 Å². The second kappa shape index (κ2) is 11.8. The molecule has 34 heavy (non-hydrogen) atoms. The lowest BCUT2D eigenvalue weighted by Crippen LogP contribution is -2.42. The molecule has 1 aliphatic rings. The summed E-state index contributed by atoms with van der Waals surface area (Å²) in [6, 6.07) is 10.7. The van der Waals surface area contributed by atoms with E-state index in [0.29, 0.717) is 42.4 Å². The molecule has 10 heteroatoms. The van der Waals surface area contributed by atoms with Crippen molar-refractivity contribution in [2.45, 2.75) is 51.2 Å². The zero-order valence-corrected chi connectivity index (χ0v) is 24.3. The summed E-state index contributed by atoms with van der Waals surface area (Å²) in [6.45, 7) is 8.79. The molecule has 0 spiro atoms. The van der Waals surface area contributed by atoms with E-state index in [1.165, 1.54) is 22.1 Å². The van der Waals surface area contributed by atoms with Crippen molar-refractivity contribution in [2.24, 2.45) is 4.99 Å². The molecule has 0 radical (unpaired) electrons. The summed E-state index contributed by atoms with van der Waals surface area (Å²) in [7, 11) is -2.02. The molecule has 1 unspecified atom stereocenters. The van der Waals surface area contributed by atoms with E-state index in [0.717, 1.165) is 16.8 Å². The average molecular weight is 591 g/mol. The fourth-order valence-electron chi connectivity index (χ4n) is 3.80. The predicted molar refractivity (Wildman–Crippen MR) is 148 cm³/mol. The van der Waals surface area contributed by atoms with Gasteiger partial charge < -0.3 is 10.0 Å². The molecule has 6 nitrogen and oxygen atoms in total. The number of amidine groups is 1. The van der Waals surface area contributed by atoms with Gasteiger partial charge in [0.05, 0.1) is 16.5 Å². The SMILES string of the molecule is Br.CCCN(CCC)S(=O)(=O)c1cc(C2(O)CS/C(=N/c3cccc(C)c3C)N2C)ccc1Cl. The van der Waals surface area contributed by atoms with Gasteiger partial charge in [0.25, 0.3) is 0 Å². The van der Waals surface area contributed by atoms with Crippen LogP contribution in [0.25, 0.3) is 0 Å². The molecule has 1 saturated heterocycles. The van der Waals surface area contributed by atoms with Crippen LogP contribution in [0, 0.1) is 13.8 Å². The Bertz CT molecular complexity index is 1150. The van der Waals surface area contributed by atoms with E-state index in [4.69, 9.17) is 16.6 Å². The van der Waals surface area contributed by atoms with E-state index in [1.54, 1.807) is 24.1 Å². The van der Waals surface area contributed by atoms with Crippen LogP contribution in [0.5, 0.6) is 0 Å². The molecule has 1 atom stereocenters. The Hall–Kier alpha value is -1.10. The largest absolute Gasteiger partial charge is 0.366 e. The van der Waals surface area contributed by atoms with Crippen LogP contribution in [0.4, 0.5) is 5.69 Å². The first-order chi connectivity index (χ1) is 15.6. The maximum atomic E-state index is 13.4. The number of halogens is 2. The predicted octanol–water partition coefficient (Wildman–Crippen LogP) is 5.86. The monoisotopic (exact) mass is 589 g/mol. The highest BCUT2D eigenvalue weighted by Gasteiger charge is 2.43. The molecule has 188 valence electrons. The molecule has 0 aliphatic carbocycles. The van der Waals surface area contributed by atoms with Gasteiger partial charge >= 0.3 is 0 Å². The fourth-order valence-corrected chi connectivity index (χ4v) is 7.12. The van der Waals surface area contributed by atoms with Gasteiger partial charge in [0.1, 0.15) is 4.90 Å². The highest BCUT2D eigenvalue weighted by atomic mass is 79.9. The van der Waals surface area contributed by atoms with Gasteiger partial charge in [-0.2, -0.15) is 4.31 Å². The zero-order valence-electron chi connectivity index (χ0n) is 20.2. The molecular formula is C24H33BrClN3O3S2. The number of thioether (sulfide) groups is 1. The first-order valence-electron chi connectivity index (χ1n) is 11.1. The molecule has 1 fully saturated rings. The van der Waals surface area contributed by atoms with Gasteiger partial charge in [0.15, 0.2) is 10.9 Å². The maximum absolute atomic E-state index is 13.4. The van der Waals surface area contributed by atoms with Crippen LogP contribution in [0.2, 0.25) is 5.02 Å². The second-order valence-electron chi connectivity index (χ2n) is 8.33. The molecule has 1 N–H and O–H groups in total. The van der Waals surface area contributed by atoms with Crippen LogP contribution in [0.3, 0.4) is 0 Å². The Kier molecular flexibility index (Phi) is 10.1. The summed E-state index contributed by atoms with van der Waals surface area (Å²) < 4.78 is 28.2. The number of aliphatic imine (C=N–C) groups is 1. The average Bonchev–Trinajstić information content (AvgIpc) is 3.06. The van der Waals surface area contributed by atoms with Gasteiger partial charge in [-0.15, -0.1) is 17.0 Å². The second-order valence-corrected chi connectivity index (χ2v) is 11.6. The maximum Gasteiger partial charge on any atom is 0.244 e. The van der Waals surface area contributed by atoms with Crippen molar-refractivity contribution < 1.29 is 13.5 Å². The molecular weight excluding hydrogens is 558 g/mol. The quantitative estimate of drug-likeness (QED) is 0.417. The third-order valence-corrected chi connectivity index (χ3v) is 9.54. The highest BCUT2D eigenvalue weighted by molar-refractivity contribution is 8.93. The Morgan fingerprint density at radius 3 is 2.44 bits per heavy atom. The Labute approximate surface area is 223 Å². The molecule has 0 saturated carbocycles. The van der Waals surface area contributed by atoms with Crippen LogP contribution in [-0.4, -0.2) is 53.8 Å². The van der Waals surface area contributed by atoms with Crippen molar-refractivity contribution >= 4 is 61.2 Å². The summed E-state index contributed by atoms with van der Waals surface area (Å²) in [5.41, 5.74) is 2.15. The highest BCUT2D eigenvalue weighted by Crippen LogP contribution is 2.41. The van der Waals surface area contributed by atoms with Gasteiger partial charge in [0.2, 0.25) is 10.0 Å². The molecule has 2 aromatic carbocycles. The molecule has 2 aromatic rings. The van der Waals surface area contributed by atoms with E-state index in [-0.39, 0.29) is 26.9 Å². The minimum Gasteiger partial charge on any atom is -0.366 e. The number of benzene rings is 2. The van der Waals surface area contributed by atoms with E-state index in [1.807, 2.05) is 45.9 Å². The van der Waals surface area contributed by atoms with E-state index < -0.39 is 15.7 Å². The molecule has 1 heterocycles. The third kappa shape index (κ3) is 5.65. The Morgan fingerprint density at radius 1 is 1.18 bits per heavy atom. The summed E-state index contributed by atoms with van der Waals surface area (Å²) in [5, 5.41) is 12.4. The number of nitrogens with zero attached hydrogens (tertiary/aromatic N) is 3. The van der Waals surface area contributed by atoms with Crippen molar-refractivity contribution in [1.82, 2.24) is 9.21 Å². The van der Waals surface area contributed by atoms with Crippen LogP contribution in [-0.2, 0) is 15.7 Å². The standard InChI is InChI=1S/C24H32ClN3O3S2.BrH/c1-6-13-28(14-7-2)33(30,31)22-15-19(11-12-20(22)25)24(29)16-32-23(27(24)5)26-21-10-8-9-17(3)18(21)4;/h8-12,15,29H,6-7,13-14,16H2,1-5H3;1H/b26-23+;. The van der Waals surface area contributed by atoms with Gasteiger partial charge in [-0.05, 0) is 56.0 Å². The minimum absolute atomic E-state index is 0. The van der Waals surface area contributed by atoms with Crippen molar-refractivity contribution in [3.63, 3.8) is 0 Å². The van der Waals surface area contributed by atoms with Crippen molar-refractivity contribution in [3.8, 4) is 0 Å². The lowest BCUT2D eigenvalue weighted by molar-refractivity contribution is -0.0349. The van der Waals surface area contributed by atoms with Gasteiger partial charge in [-0.3, -0.25) is 0 Å². The topological polar surface area (TPSA) is 73.2 Å². The minimum atomic E-state index is -3.79. The van der Waals surface area contributed by atoms with Crippen LogP contribution < -0.4 is 0 Å². The molecule has 0 bridgehead atoms. The lowest BCUT2D eigenvalue weighted by atomic mass is 10.0. The third-order valence-electron chi connectivity index (χ3n) is 5.99. The first kappa shape index (κ1) is 29.1. The van der Waals surface area contributed by atoms with Crippen molar-refractivity contribution in [3.05, 3.63) is 58.1 Å². The van der Waals surface area contributed by atoms with E-state index >= 15 is 0 Å².